The molecule has 0 spiro atoms. The van der Waals surface area contributed by atoms with Gasteiger partial charge in [-0.3, -0.25) is 10.3 Å². The van der Waals surface area contributed by atoms with E-state index in [2.05, 4.69) is 10.3 Å². The average molecular weight is 404 g/mol. The molecule has 2 saturated carbocycles. The predicted molar refractivity (Wildman–Crippen MR) is 111 cm³/mol. The van der Waals surface area contributed by atoms with Gasteiger partial charge in [-0.15, -0.1) is 0 Å². The van der Waals surface area contributed by atoms with Crippen LogP contribution in [-0.2, 0) is 4.74 Å². The largest absolute Gasteiger partial charge is 0.489 e. The number of carbonyl (C=O) groups excluding carboxylic acids is 1. The highest BCUT2D eigenvalue weighted by Crippen LogP contribution is 2.32. The number of aromatic nitrogens is 1. The van der Waals surface area contributed by atoms with Gasteiger partial charge in [-0.2, -0.15) is 0 Å². The van der Waals surface area contributed by atoms with Crippen LogP contribution < -0.4 is 21.6 Å². The van der Waals surface area contributed by atoms with Crippen molar-refractivity contribution in [1.29, 1.82) is 0 Å². The van der Waals surface area contributed by atoms with E-state index in [-0.39, 0.29) is 17.6 Å². The Hall–Kier alpha value is -2.48. The number of pyridine rings is 1. The highest BCUT2D eigenvalue weighted by molar-refractivity contribution is 5.74. The fraction of sp³-hybridized carbons (Fsp3) is 0.619. The zero-order chi connectivity index (χ0) is 20.8. The number of hydrogen-bond acceptors (Lipinski definition) is 7. The zero-order valence-electron chi connectivity index (χ0n) is 17.4. The Morgan fingerprint density at radius 1 is 1.24 bits per heavy atom. The fourth-order valence-corrected chi connectivity index (χ4v) is 3.51. The average Bonchev–Trinajstić information content (AvgIpc) is 3.52. The van der Waals surface area contributed by atoms with Crippen LogP contribution in [0.5, 0.6) is 5.75 Å². The van der Waals surface area contributed by atoms with Crippen LogP contribution in [0, 0.1) is 12.8 Å². The van der Waals surface area contributed by atoms with Gasteiger partial charge in [0.25, 0.3) is 0 Å². The van der Waals surface area contributed by atoms with Crippen molar-refractivity contribution in [2.24, 2.45) is 17.5 Å². The van der Waals surface area contributed by atoms with Crippen molar-refractivity contribution < 1.29 is 14.3 Å². The number of hydrogen-bond donors (Lipinski definition) is 3. The maximum Gasteiger partial charge on any atom is 0.412 e. The summed E-state index contributed by atoms with van der Waals surface area (Å²) in [5, 5.41) is 3.88. The first-order valence-electron chi connectivity index (χ1n) is 10.5. The van der Waals surface area contributed by atoms with Crippen LogP contribution in [0.25, 0.3) is 5.70 Å². The van der Waals surface area contributed by atoms with Crippen LogP contribution >= 0.6 is 0 Å². The minimum Gasteiger partial charge on any atom is -0.489 e. The molecular weight excluding hydrogens is 370 g/mol. The Bertz CT molecular complexity index is 740. The van der Waals surface area contributed by atoms with Gasteiger partial charge in [-0.1, -0.05) is 19.3 Å². The molecule has 29 heavy (non-hydrogen) atoms. The number of nitrogens with one attached hydrogen (secondary N) is 1. The van der Waals surface area contributed by atoms with Crippen molar-refractivity contribution in [2.45, 2.75) is 64.4 Å². The Balaban J connectivity index is 1.66. The van der Waals surface area contributed by atoms with Crippen LogP contribution in [0.3, 0.4) is 0 Å². The highest BCUT2D eigenvalue weighted by Gasteiger charge is 2.22. The number of alkyl carbamates (subject to hydrolysis) is 1. The molecular formula is C21H33N5O3. The maximum absolute atomic E-state index is 12.1. The third kappa shape index (κ3) is 6.25. The zero-order valence-corrected chi connectivity index (χ0v) is 17.4. The van der Waals surface area contributed by atoms with Crippen LogP contribution in [0.4, 0.5) is 4.79 Å². The van der Waals surface area contributed by atoms with Gasteiger partial charge in [0.15, 0.2) is 5.82 Å². The van der Waals surface area contributed by atoms with Gasteiger partial charge < -0.3 is 15.2 Å². The Morgan fingerprint density at radius 3 is 2.59 bits per heavy atom. The number of nitrogens with two attached hydrogens (primary N) is 2. The maximum atomic E-state index is 12.1. The molecule has 8 nitrogen and oxygen atoms in total. The molecule has 2 fully saturated rings. The van der Waals surface area contributed by atoms with E-state index in [1.54, 1.807) is 13.1 Å². The molecule has 0 aliphatic heterocycles. The normalized spacial score (nSPS) is 18.0. The summed E-state index contributed by atoms with van der Waals surface area (Å²) in [6.45, 7) is 2.28. The van der Waals surface area contributed by atoms with Gasteiger partial charge in [0, 0.05) is 7.05 Å². The van der Waals surface area contributed by atoms with Crippen LogP contribution in [0.15, 0.2) is 18.0 Å². The molecule has 1 aromatic rings. The second-order valence-corrected chi connectivity index (χ2v) is 8.02. The van der Waals surface area contributed by atoms with Crippen molar-refractivity contribution in [3.63, 3.8) is 0 Å². The first kappa shape index (κ1) is 21.2. The SMILES string of the molecule is Cc1nc(/C(N)=C(\NC(=O)OCCC2CC2)N(C)N)ccc1OC1CCCCC1. The number of carbonyl (C=O) groups is 1. The predicted octanol–water partition coefficient (Wildman–Crippen LogP) is 3.02. The lowest BCUT2D eigenvalue weighted by Gasteiger charge is -2.24. The van der Waals surface area contributed by atoms with Crippen molar-refractivity contribution in [2.75, 3.05) is 13.7 Å². The Kier molecular flexibility index (Phi) is 7.19. The first-order chi connectivity index (χ1) is 13.9. The molecule has 2 aliphatic rings. The van der Waals surface area contributed by atoms with Gasteiger partial charge in [0.1, 0.15) is 11.4 Å². The summed E-state index contributed by atoms with van der Waals surface area (Å²) < 4.78 is 11.3. The van der Waals surface area contributed by atoms with E-state index in [0.717, 1.165) is 30.7 Å². The van der Waals surface area contributed by atoms with E-state index < -0.39 is 6.09 Å². The summed E-state index contributed by atoms with van der Waals surface area (Å²) in [6, 6.07) is 3.66. The van der Waals surface area contributed by atoms with E-state index in [1.807, 2.05) is 13.0 Å². The minimum atomic E-state index is -0.574. The Labute approximate surface area is 172 Å². The van der Waals surface area contributed by atoms with Gasteiger partial charge in [0.2, 0.25) is 0 Å². The second-order valence-electron chi connectivity index (χ2n) is 8.02. The molecule has 1 amide bonds. The molecule has 5 N–H and O–H groups in total. The van der Waals surface area contributed by atoms with E-state index in [0.29, 0.717) is 18.2 Å². The van der Waals surface area contributed by atoms with Crippen molar-refractivity contribution in [1.82, 2.24) is 15.3 Å². The number of aryl methyl sites for hydroxylation is 1. The summed E-state index contributed by atoms with van der Waals surface area (Å²) in [4.78, 5) is 16.7. The van der Waals surface area contributed by atoms with Crippen LogP contribution in [-0.4, -0.2) is 35.8 Å². The molecule has 160 valence electrons. The third-order valence-electron chi connectivity index (χ3n) is 5.44. The number of nitrogens with zero attached hydrogens (tertiary/aromatic N) is 2. The van der Waals surface area contributed by atoms with Crippen molar-refractivity contribution >= 4 is 11.8 Å². The van der Waals surface area contributed by atoms with Crippen molar-refractivity contribution in [3.05, 3.63) is 29.3 Å². The summed E-state index contributed by atoms with van der Waals surface area (Å²) in [7, 11) is 1.60. The second kappa shape index (κ2) is 9.82. The summed E-state index contributed by atoms with van der Waals surface area (Å²) in [5.41, 5.74) is 7.80. The van der Waals surface area contributed by atoms with E-state index in [4.69, 9.17) is 21.1 Å². The third-order valence-corrected chi connectivity index (χ3v) is 5.44. The first-order valence-corrected chi connectivity index (χ1v) is 10.5. The smallest absolute Gasteiger partial charge is 0.412 e. The lowest BCUT2D eigenvalue weighted by atomic mass is 9.98. The molecule has 0 radical (unpaired) electrons. The van der Waals surface area contributed by atoms with Crippen LogP contribution in [0.1, 0.15) is 62.8 Å². The van der Waals surface area contributed by atoms with Crippen molar-refractivity contribution in [3.8, 4) is 5.75 Å². The number of amides is 1. The fourth-order valence-electron chi connectivity index (χ4n) is 3.51. The monoisotopic (exact) mass is 403 g/mol. The number of rotatable bonds is 8. The van der Waals surface area contributed by atoms with E-state index in [1.165, 1.54) is 37.1 Å². The van der Waals surface area contributed by atoms with Gasteiger partial charge in [-0.05, 0) is 57.1 Å². The van der Waals surface area contributed by atoms with E-state index in [9.17, 15) is 4.79 Å². The molecule has 0 saturated heterocycles. The molecule has 1 aromatic heterocycles. The summed E-state index contributed by atoms with van der Waals surface area (Å²) in [6.07, 6.45) is 8.87. The highest BCUT2D eigenvalue weighted by atomic mass is 16.5. The summed E-state index contributed by atoms with van der Waals surface area (Å²) in [5.74, 6) is 7.58. The molecule has 0 atom stereocenters. The van der Waals surface area contributed by atoms with Gasteiger partial charge in [-0.25, -0.2) is 15.6 Å². The quantitative estimate of drug-likeness (QED) is 0.451. The molecule has 8 heteroatoms. The molecule has 1 heterocycles. The molecule has 3 rings (SSSR count). The van der Waals surface area contributed by atoms with Crippen LogP contribution in [0.2, 0.25) is 0 Å². The Morgan fingerprint density at radius 2 is 1.97 bits per heavy atom. The molecule has 0 unspecified atom stereocenters. The standard InChI is InChI=1S/C21H33N5O3/c1-14-18(29-16-6-4-3-5-7-16)11-10-17(24-14)19(22)20(26(2)23)25-21(27)28-13-12-15-8-9-15/h10-11,15-16H,3-9,12-13,22-23H2,1-2H3,(H,25,27)/b20-19-. The summed E-state index contributed by atoms with van der Waals surface area (Å²) >= 11 is 0. The number of hydrazine groups is 1. The minimum absolute atomic E-state index is 0.245. The molecule has 0 bridgehead atoms. The van der Waals surface area contributed by atoms with Gasteiger partial charge in [0.05, 0.1) is 24.1 Å². The molecule has 2 aliphatic carbocycles. The molecule has 0 aromatic carbocycles. The lowest BCUT2D eigenvalue weighted by molar-refractivity contribution is 0.142. The topological polar surface area (TPSA) is 116 Å². The number of ether oxygens (including phenoxy) is 2. The van der Waals surface area contributed by atoms with Gasteiger partial charge >= 0.3 is 6.09 Å². The lowest BCUT2D eigenvalue weighted by Crippen LogP contribution is -2.39. The van der Waals surface area contributed by atoms with E-state index >= 15 is 0 Å².